The van der Waals surface area contributed by atoms with Crippen molar-refractivity contribution in [3.8, 4) is 0 Å². The maximum atomic E-state index is 13.7. The number of carbonyl (C=O) groups excluding carboxylic acids is 3. The van der Waals surface area contributed by atoms with Crippen molar-refractivity contribution < 1.29 is 23.5 Å². The van der Waals surface area contributed by atoms with Crippen molar-refractivity contribution in [3.05, 3.63) is 34.6 Å². The van der Waals surface area contributed by atoms with Gasteiger partial charge in [0.25, 0.3) is 5.91 Å². The maximum absolute atomic E-state index is 13.7. The van der Waals surface area contributed by atoms with Crippen molar-refractivity contribution in [1.82, 2.24) is 10.2 Å². The Labute approximate surface area is 156 Å². The minimum absolute atomic E-state index is 0.0472. The van der Waals surface area contributed by atoms with E-state index in [2.05, 4.69) is 5.32 Å². The molecule has 1 aromatic rings. The van der Waals surface area contributed by atoms with E-state index in [0.717, 1.165) is 17.7 Å². The first-order chi connectivity index (χ1) is 12.3. The predicted octanol–water partition coefficient (Wildman–Crippen LogP) is 3.41. The normalized spacial score (nSPS) is 15.9. The number of nitrogens with one attached hydrogen (secondary N) is 1. The molecule has 0 saturated carbocycles. The van der Waals surface area contributed by atoms with E-state index in [1.807, 2.05) is 13.8 Å². The van der Waals surface area contributed by atoms with Gasteiger partial charge in [0.15, 0.2) is 0 Å². The van der Waals surface area contributed by atoms with Crippen LogP contribution in [0.1, 0.15) is 45.1 Å². The molecule has 6 nitrogen and oxygen atoms in total. The van der Waals surface area contributed by atoms with Crippen molar-refractivity contribution in [2.45, 2.75) is 51.7 Å². The average molecular weight is 385 g/mol. The standard InChI is InChI=1S/C18H22ClFN2O4/c1-3-8-18(9-4-2)16(24)22(17(25)21-18)10-15(23)26-11-12-13(19)6-5-7-14(12)20/h5-7H,3-4,8-11H2,1-2H3,(H,21,25). The number of ether oxygens (including phenoxy) is 1. The van der Waals surface area contributed by atoms with E-state index in [1.165, 1.54) is 18.2 Å². The number of nitrogens with zero attached hydrogens (tertiary/aromatic N) is 1. The highest BCUT2D eigenvalue weighted by atomic mass is 35.5. The summed E-state index contributed by atoms with van der Waals surface area (Å²) in [5.74, 6) is -1.83. The van der Waals surface area contributed by atoms with Gasteiger partial charge in [-0.1, -0.05) is 44.4 Å². The predicted molar refractivity (Wildman–Crippen MR) is 94.0 cm³/mol. The van der Waals surface area contributed by atoms with Gasteiger partial charge in [0.2, 0.25) is 0 Å². The molecule has 8 heteroatoms. The molecule has 26 heavy (non-hydrogen) atoms. The minimum Gasteiger partial charge on any atom is -0.459 e. The highest BCUT2D eigenvalue weighted by Gasteiger charge is 2.50. The average Bonchev–Trinajstić information content (AvgIpc) is 2.79. The summed E-state index contributed by atoms with van der Waals surface area (Å²) >= 11 is 5.88. The first kappa shape index (κ1) is 20.2. The Bertz CT molecular complexity index is 684. The molecule has 1 aliphatic rings. The fourth-order valence-corrected chi connectivity index (χ4v) is 3.35. The van der Waals surface area contributed by atoms with Crippen LogP contribution in [0.2, 0.25) is 5.02 Å². The van der Waals surface area contributed by atoms with Gasteiger partial charge in [0.1, 0.15) is 24.5 Å². The van der Waals surface area contributed by atoms with Crippen molar-refractivity contribution in [1.29, 1.82) is 0 Å². The van der Waals surface area contributed by atoms with Gasteiger partial charge in [-0.15, -0.1) is 0 Å². The van der Waals surface area contributed by atoms with Gasteiger partial charge in [0, 0.05) is 5.56 Å². The number of benzene rings is 1. The molecule has 0 atom stereocenters. The van der Waals surface area contributed by atoms with Gasteiger partial charge < -0.3 is 10.1 Å². The molecule has 0 unspecified atom stereocenters. The summed E-state index contributed by atoms with van der Waals surface area (Å²) in [6.07, 6.45) is 2.44. The van der Waals surface area contributed by atoms with Crippen LogP contribution in [0.15, 0.2) is 18.2 Å². The monoisotopic (exact) mass is 384 g/mol. The van der Waals surface area contributed by atoms with E-state index in [4.69, 9.17) is 16.3 Å². The van der Waals surface area contributed by atoms with Crippen LogP contribution in [0.3, 0.4) is 0 Å². The Kier molecular flexibility index (Phi) is 6.58. The van der Waals surface area contributed by atoms with Crippen molar-refractivity contribution in [2.75, 3.05) is 6.54 Å². The number of urea groups is 1. The summed E-state index contributed by atoms with van der Waals surface area (Å²) in [4.78, 5) is 37.8. The molecule has 142 valence electrons. The number of halogens is 2. The lowest BCUT2D eigenvalue weighted by Crippen LogP contribution is -2.47. The van der Waals surface area contributed by atoms with Gasteiger partial charge in [-0.2, -0.15) is 0 Å². The van der Waals surface area contributed by atoms with E-state index in [9.17, 15) is 18.8 Å². The Morgan fingerprint density at radius 2 is 1.92 bits per heavy atom. The van der Waals surface area contributed by atoms with Crippen LogP contribution < -0.4 is 5.32 Å². The molecule has 0 aliphatic carbocycles. The van der Waals surface area contributed by atoms with Gasteiger partial charge in [-0.3, -0.25) is 14.5 Å². The molecule has 0 bridgehead atoms. The Balaban J connectivity index is 2.02. The number of rotatable bonds is 8. The highest BCUT2D eigenvalue weighted by Crippen LogP contribution is 2.28. The van der Waals surface area contributed by atoms with Crippen molar-refractivity contribution in [2.24, 2.45) is 0 Å². The molecular formula is C18H22ClFN2O4. The second kappa shape index (κ2) is 8.49. The molecule has 2 rings (SSSR count). The topological polar surface area (TPSA) is 75.7 Å². The summed E-state index contributed by atoms with van der Waals surface area (Å²) < 4.78 is 18.7. The molecule has 1 heterocycles. The summed E-state index contributed by atoms with van der Waals surface area (Å²) in [7, 11) is 0. The Morgan fingerprint density at radius 3 is 2.50 bits per heavy atom. The maximum Gasteiger partial charge on any atom is 0.326 e. The third kappa shape index (κ3) is 4.15. The molecule has 1 aromatic carbocycles. The lowest BCUT2D eigenvalue weighted by Gasteiger charge is -2.25. The largest absolute Gasteiger partial charge is 0.459 e. The number of esters is 1. The van der Waals surface area contributed by atoms with Gasteiger partial charge in [0.05, 0.1) is 5.02 Å². The molecule has 1 fully saturated rings. The lowest BCUT2D eigenvalue weighted by atomic mass is 9.88. The van der Waals surface area contributed by atoms with Crippen LogP contribution in [-0.4, -0.2) is 34.9 Å². The molecule has 1 saturated heterocycles. The van der Waals surface area contributed by atoms with Crippen LogP contribution in [0.25, 0.3) is 0 Å². The van der Waals surface area contributed by atoms with E-state index < -0.39 is 35.8 Å². The highest BCUT2D eigenvalue weighted by molar-refractivity contribution is 6.31. The Hall–Kier alpha value is -2.15. The quantitative estimate of drug-likeness (QED) is 0.550. The van der Waals surface area contributed by atoms with Crippen LogP contribution >= 0.6 is 11.6 Å². The number of amides is 3. The van der Waals surface area contributed by atoms with E-state index in [0.29, 0.717) is 12.8 Å². The van der Waals surface area contributed by atoms with Crippen molar-refractivity contribution in [3.63, 3.8) is 0 Å². The lowest BCUT2D eigenvalue weighted by molar-refractivity contribution is -0.149. The molecule has 0 aromatic heterocycles. The molecule has 0 spiro atoms. The fraction of sp³-hybridized carbons (Fsp3) is 0.500. The Morgan fingerprint density at radius 1 is 1.27 bits per heavy atom. The van der Waals surface area contributed by atoms with E-state index in [-0.39, 0.29) is 17.2 Å². The van der Waals surface area contributed by atoms with Crippen LogP contribution in [-0.2, 0) is 20.9 Å². The van der Waals surface area contributed by atoms with Gasteiger partial charge >= 0.3 is 12.0 Å². The summed E-state index contributed by atoms with van der Waals surface area (Å²) in [6.45, 7) is 2.95. The van der Waals surface area contributed by atoms with E-state index in [1.54, 1.807) is 0 Å². The third-order valence-electron chi connectivity index (χ3n) is 4.33. The van der Waals surface area contributed by atoms with Crippen LogP contribution in [0, 0.1) is 5.82 Å². The second-order valence-corrected chi connectivity index (χ2v) is 6.67. The summed E-state index contributed by atoms with van der Waals surface area (Å²) in [6, 6.07) is 3.51. The summed E-state index contributed by atoms with van der Waals surface area (Å²) in [5.41, 5.74) is -0.915. The number of carbonyl (C=O) groups is 3. The minimum atomic E-state index is -0.963. The van der Waals surface area contributed by atoms with Gasteiger partial charge in [-0.05, 0) is 25.0 Å². The smallest absolute Gasteiger partial charge is 0.326 e. The zero-order chi connectivity index (χ0) is 19.3. The number of imide groups is 1. The molecule has 1 N–H and O–H groups in total. The SMILES string of the molecule is CCCC1(CCC)NC(=O)N(CC(=O)OCc2c(F)cccc2Cl)C1=O. The first-order valence-electron chi connectivity index (χ1n) is 8.57. The van der Waals surface area contributed by atoms with E-state index >= 15 is 0 Å². The fourth-order valence-electron chi connectivity index (χ4n) is 3.13. The first-order valence-corrected chi connectivity index (χ1v) is 8.95. The number of hydrogen-bond acceptors (Lipinski definition) is 4. The van der Waals surface area contributed by atoms with Crippen LogP contribution in [0.5, 0.6) is 0 Å². The van der Waals surface area contributed by atoms with Crippen molar-refractivity contribution >= 4 is 29.5 Å². The zero-order valence-corrected chi connectivity index (χ0v) is 15.6. The number of hydrogen-bond donors (Lipinski definition) is 1. The molecule has 3 amide bonds. The van der Waals surface area contributed by atoms with Gasteiger partial charge in [-0.25, -0.2) is 9.18 Å². The molecule has 1 aliphatic heterocycles. The third-order valence-corrected chi connectivity index (χ3v) is 4.68. The molecular weight excluding hydrogens is 363 g/mol. The van der Waals surface area contributed by atoms with Crippen LogP contribution in [0.4, 0.5) is 9.18 Å². The molecule has 0 radical (unpaired) electrons. The zero-order valence-electron chi connectivity index (χ0n) is 14.8. The second-order valence-electron chi connectivity index (χ2n) is 6.26. The summed E-state index contributed by atoms with van der Waals surface area (Å²) in [5, 5.41) is 2.85.